The van der Waals surface area contributed by atoms with Gasteiger partial charge in [-0.3, -0.25) is 4.79 Å². The molecule has 2 aromatic rings. The third-order valence-corrected chi connectivity index (χ3v) is 5.26. The van der Waals surface area contributed by atoms with Crippen LogP contribution < -0.4 is 20.4 Å². The van der Waals surface area contributed by atoms with Gasteiger partial charge in [-0.2, -0.15) is 5.26 Å². The number of carbonyl (C=O) groups is 1. The molecule has 2 fully saturated rings. The standard InChI is InChI=1S/C19H22FN3O4.C2H3N/c1-10-8-22(6-5-21-10)16-14(20)7-12-15(18(16)27-2)23(11-3-4-11)9-13(17(12)24)19(25)26;1-2-3/h7,9-11,21H,3-6,8H2,1-2H3,(H,25,26);1H3. The molecule has 0 bridgehead atoms. The number of carboxylic acids is 1. The van der Waals surface area contributed by atoms with Crippen molar-refractivity contribution in [2.75, 3.05) is 31.6 Å². The van der Waals surface area contributed by atoms with E-state index in [9.17, 15) is 14.7 Å². The second-order valence-electron chi connectivity index (χ2n) is 7.48. The summed E-state index contributed by atoms with van der Waals surface area (Å²) in [5.41, 5.74) is -0.237. The number of benzene rings is 1. The Kier molecular flexibility index (Phi) is 6.27. The molecular formula is C21H25FN4O4. The van der Waals surface area contributed by atoms with Crippen molar-refractivity contribution < 1.29 is 19.0 Å². The number of fused-ring (bicyclic) bond motifs is 1. The summed E-state index contributed by atoms with van der Waals surface area (Å²) in [5.74, 6) is -1.59. The second kappa shape index (κ2) is 8.71. The van der Waals surface area contributed by atoms with Crippen molar-refractivity contribution in [1.82, 2.24) is 9.88 Å². The van der Waals surface area contributed by atoms with Gasteiger partial charge in [-0.05, 0) is 25.8 Å². The number of nitriles is 1. The van der Waals surface area contributed by atoms with Crippen LogP contribution in [0.15, 0.2) is 17.1 Å². The lowest BCUT2D eigenvalue weighted by molar-refractivity contribution is 0.0695. The SMILES string of the molecule is CC#N.COc1c(N2CCNC(C)C2)c(F)cc2c(=O)c(C(=O)O)cn(C3CC3)c12. The number of nitrogens with zero attached hydrogens (tertiary/aromatic N) is 3. The van der Waals surface area contributed by atoms with E-state index in [2.05, 4.69) is 5.32 Å². The van der Waals surface area contributed by atoms with Crippen LogP contribution in [-0.2, 0) is 0 Å². The lowest BCUT2D eigenvalue weighted by Crippen LogP contribution is -2.49. The normalized spacial score (nSPS) is 18.4. The molecule has 2 heterocycles. The van der Waals surface area contributed by atoms with Gasteiger partial charge in [0.25, 0.3) is 0 Å². The molecule has 0 spiro atoms. The number of pyridine rings is 1. The lowest BCUT2D eigenvalue weighted by Gasteiger charge is -2.35. The highest BCUT2D eigenvalue weighted by atomic mass is 19.1. The number of hydrogen-bond acceptors (Lipinski definition) is 6. The van der Waals surface area contributed by atoms with E-state index in [4.69, 9.17) is 10.00 Å². The summed E-state index contributed by atoms with van der Waals surface area (Å²) in [6, 6.07) is 3.20. The van der Waals surface area contributed by atoms with E-state index in [-0.39, 0.29) is 23.0 Å². The molecule has 1 unspecified atom stereocenters. The first-order valence-corrected chi connectivity index (χ1v) is 9.81. The first-order valence-electron chi connectivity index (χ1n) is 9.81. The molecule has 4 rings (SSSR count). The number of aromatic carboxylic acids is 1. The van der Waals surface area contributed by atoms with E-state index in [1.165, 1.54) is 20.2 Å². The van der Waals surface area contributed by atoms with Gasteiger partial charge in [-0.15, -0.1) is 0 Å². The van der Waals surface area contributed by atoms with Crippen molar-refractivity contribution in [2.45, 2.75) is 38.8 Å². The fourth-order valence-electron chi connectivity index (χ4n) is 3.86. The van der Waals surface area contributed by atoms with Gasteiger partial charge in [0.2, 0.25) is 5.43 Å². The molecule has 2 N–H and O–H groups in total. The van der Waals surface area contributed by atoms with Crippen LogP contribution in [0.2, 0.25) is 0 Å². The van der Waals surface area contributed by atoms with E-state index in [1.54, 1.807) is 10.6 Å². The van der Waals surface area contributed by atoms with Gasteiger partial charge in [0.1, 0.15) is 11.3 Å². The van der Waals surface area contributed by atoms with E-state index < -0.39 is 17.2 Å². The number of hydrogen-bond donors (Lipinski definition) is 2. The van der Waals surface area contributed by atoms with Gasteiger partial charge in [-0.25, -0.2) is 9.18 Å². The summed E-state index contributed by atoms with van der Waals surface area (Å²) in [6.45, 7) is 5.40. The maximum atomic E-state index is 15.1. The number of carboxylic acid groups (broad SMARTS) is 1. The number of piperazine rings is 1. The Bertz CT molecular complexity index is 1070. The van der Waals surface area contributed by atoms with Crippen molar-refractivity contribution in [3.05, 3.63) is 33.9 Å². The minimum atomic E-state index is -1.31. The maximum Gasteiger partial charge on any atom is 0.341 e. The minimum Gasteiger partial charge on any atom is -0.492 e. The molecule has 0 radical (unpaired) electrons. The summed E-state index contributed by atoms with van der Waals surface area (Å²) in [7, 11) is 1.45. The van der Waals surface area contributed by atoms with E-state index in [0.29, 0.717) is 30.0 Å². The van der Waals surface area contributed by atoms with Gasteiger partial charge >= 0.3 is 5.97 Å². The van der Waals surface area contributed by atoms with Crippen LogP contribution in [0.3, 0.4) is 0 Å². The van der Waals surface area contributed by atoms with Gasteiger partial charge in [0, 0.05) is 44.8 Å². The second-order valence-corrected chi connectivity index (χ2v) is 7.48. The molecule has 160 valence electrons. The molecule has 8 nitrogen and oxygen atoms in total. The zero-order valence-corrected chi connectivity index (χ0v) is 17.2. The molecule has 1 aliphatic heterocycles. The molecule has 9 heteroatoms. The summed E-state index contributed by atoms with van der Waals surface area (Å²) in [6.07, 6.45) is 3.14. The average molecular weight is 416 g/mol. The Morgan fingerprint density at radius 2 is 2.10 bits per heavy atom. The molecular weight excluding hydrogens is 391 g/mol. The van der Waals surface area contributed by atoms with Crippen molar-refractivity contribution in [2.24, 2.45) is 0 Å². The molecule has 2 aliphatic rings. The van der Waals surface area contributed by atoms with Crippen molar-refractivity contribution in [1.29, 1.82) is 5.26 Å². The number of methoxy groups -OCH3 is 1. The van der Waals surface area contributed by atoms with Crippen LogP contribution in [-0.4, -0.2) is 48.4 Å². The highest BCUT2D eigenvalue weighted by Crippen LogP contribution is 2.43. The first-order chi connectivity index (χ1) is 14.3. The Morgan fingerprint density at radius 3 is 2.63 bits per heavy atom. The van der Waals surface area contributed by atoms with Crippen LogP contribution in [0, 0.1) is 17.1 Å². The number of anilines is 1. The van der Waals surface area contributed by atoms with E-state index >= 15 is 4.39 Å². The van der Waals surface area contributed by atoms with Crippen LogP contribution in [0.4, 0.5) is 10.1 Å². The zero-order chi connectivity index (χ0) is 22.0. The summed E-state index contributed by atoms with van der Waals surface area (Å²) < 4.78 is 22.5. The number of aromatic nitrogens is 1. The minimum absolute atomic E-state index is 0.0445. The van der Waals surface area contributed by atoms with Crippen molar-refractivity contribution >= 4 is 22.6 Å². The van der Waals surface area contributed by atoms with E-state index in [1.807, 2.05) is 11.8 Å². The predicted molar refractivity (Wildman–Crippen MR) is 111 cm³/mol. The fourth-order valence-corrected chi connectivity index (χ4v) is 3.86. The monoisotopic (exact) mass is 416 g/mol. The van der Waals surface area contributed by atoms with Gasteiger partial charge in [-0.1, -0.05) is 0 Å². The van der Waals surface area contributed by atoms with Crippen LogP contribution >= 0.6 is 0 Å². The Morgan fingerprint density at radius 1 is 1.43 bits per heavy atom. The van der Waals surface area contributed by atoms with Gasteiger partial charge in [0.15, 0.2) is 11.6 Å². The molecule has 1 aromatic heterocycles. The smallest absolute Gasteiger partial charge is 0.341 e. The molecule has 1 saturated carbocycles. The molecule has 1 atom stereocenters. The molecule has 1 aliphatic carbocycles. The molecule has 1 aromatic carbocycles. The Hall–Kier alpha value is -3.12. The highest BCUT2D eigenvalue weighted by molar-refractivity contribution is 5.97. The van der Waals surface area contributed by atoms with Crippen LogP contribution in [0.5, 0.6) is 5.75 Å². The quantitative estimate of drug-likeness (QED) is 0.788. The Labute approximate surface area is 173 Å². The Balaban J connectivity index is 0.000000806. The van der Waals surface area contributed by atoms with E-state index in [0.717, 1.165) is 25.5 Å². The van der Waals surface area contributed by atoms with Gasteiger partial charge in [0.05, 0.1) is 24.1 Å². The summed E-state index contributed by atoms with van der Waals surface area (Å²) >= 11 is 0. The molecule has 0 amide bonds. The van der Waals surface area contributed by atoms with Crippen molar-refractivity contribution in [3.63, 3.8) is 0 Å². The largest absolute Gasteiger partial charge is 0.492 e. The number of nitrogens with one attached hydrogen (secondary N) is 1. The van der Waals surface area contributed by atoms with Crippen molar-refractivity contribution in [3.8, 4) is 11.8 Å². The molecule has 1 saturated heterocycles. The van der Waals surface area contributed by atoms with Crippen LogP contribution in [0.1, 0.15) is 43.1 Å². The lowest BCUT2D eigenvalue weighted by atomic mass is 10.1. The predicted octanol–water partition coefficient (Wildman–Crippen LogP) is 2.51. The number of rotatable bonds is 4. The summed E-state index contributed by atoms with van der Waals surface area (Å²) in [5, 5.41) is 20.1. The average Bonchev–Trinajstić information content (AvgIpc) is 3.53. The molecule has 30 heavy (non-hydrogen) atoms. The fraction of sp³-hybridized carbons (Fsp3) is 0.476. The van der Waals surface area contributed by atoms with Gasteiger partial charge < -0.3 is 24.6 Å². The number of ether oxygens (including phenoxy) is 1. The maximum absolute atomic E-state index is 15.1. The highest BCUT2D eigenvalue weighted by Gasteiger charge is 2.32. The number of halogens is 1. The zero-order valence-electron chi connectivity index (χ0n) is 17.2. The topological polar surface area (TPSA) is 108 Å². The van der Waals surface area contributed by atoms with Crippen LogP contribution in [0.25, 0.3) is 10.9 Å². The third kappa shape index (κ3) is 3.96. The third-order valence-electron chi connectivity index (χ3n) is 5.26. The summed E-state index contributed by atoms with van der Waals surface area (Å²) in [4.78, 5) is 26.1. The first kappa shape index (κ1) is 21.6.